The van der Waals surface area contributed by atoms with Gasteiger partial charge in [0.25, 0.3) is 0 Å². The first-order chi connectivity index (χ1) is 12.1. The molecule has 0 unspecified atom stereocenters. The minimum atomic E-state index is -0.236. The zero-order valence-corrected chi connectivity index (χ0v) is 15.6. The van der Waals surface area contributed by atoms with Crippen LogP contribution >= 0.6 is 27.5 Å². The monoisotopic (exact) mass is 416 g/mol. The number of hydrogen-bond donors (Lipinski definition) is 0. The van der Waals surface area contributed by atoms with E-state index >= 15 is 0 Å². The lowest BCUT2D eigenvalue weighted by molar-refractivity contribution is 0.628. The third kappa shape index (κ3) is 3.24. The highest BCUT2D eigenvalue weighted by Gasteiger charge is 2.27. The van der Waals surface area contributed by atoms with Crippen molar-refractivity contribution in [2.45, 2.75) is 6.54 Å². The van der Waals surface area contributed by atoms with Crippen LogP contribution in [0.25, 0.3) is 0 Å². The van der Waals surface area contributed by atoms with Crippen LogP contribution in [0.2, 0.25) is 5.02 Å². The highest BCUT2D eigenvalue weighted by atomic mass is 79.9. The van der Waals surface area contributed by atoms with Gasteiger partial charge in [-0.3, -0.25) is 0 Å². The Kier molecular flexibility index (Phi) is 4.40. The van der Waals surface area contributed by atoms with Crippen molar-refractivity contribution in [2.75, 3.05) is 16.5 Å². The molecule has 1 aliphatic heterocycles. The van der Waals surface area contributed by atoms with Gasteiger partial charge in [-0.1, -0.05) is 45.7 Å². The second-order valence-electron chi connectivity index (χ2n) is 5.97. The molecule has 0 fully saturated rings. The van der Waals surface area contributed by atoms with Gasteiger partial charge in [-0.25, -0.2) is 4.39 Å². The number of hydrogen-bond acceptors (Lipinski definition) is 2. The molecule has 3 aromatic carbocycles. The summed E-state index contributed by atoms with van der Waals surface area (Å²) in [7, 11) is 0. The highest BCUT2D eigenvalue weighted by molar-refractivity contribution is 9.10. The van der Waals surface area contributed by atoms with E-state index in [0.717, 1.165) is 32.1 Å². The smallest absolute Gasteiger partial charge is 0.125 e. The summed E-state index contributed by atoms with van der Waals surface area (Å²) in [4.78, 5) is 4.32. The van der Waals surface area contributed by atoms with Gasteiger partial charge in [0.15, 0.2) is 0 Å². The molecule has 0 saturated carbocycles. The molecule has 0 saturated heterocycles. The zero-order chi connectivity index (χ0) is 17.4. The standard InChI is InChI=1S/C20H15BrClFN2/c21-15-5-8-17(9-6-15)25-13-24(12-14-3-1-2-4-18(14)22)19-10-7-16(23)11-20(19)25/h1-11H,12-13H2. The topological polar surface area (TPSA) is 6.48 Å². The molecule has 0 amide bonds. The van der Waals surface area contributed by atoms with Crippen molar-refractivity contribution in [3.05, 3.63) is 87.6 Å². The number of benzene rings is 3. The summed E-state index contributed by atoms with van der Waals surface area (Å²) in [5, 5.41) is 0.744. The fraction of sp³-hybridized carbons (Fsp3) is 0.100. The van der Waals surface area contributed by atoms with Gasteiger partial charge in [0, 0.05) is 21.7 Å². The van der Waals surface area contributed by atoms with E-state index in [4.69, 9.17) is 11.6 Å². The van der Waals surface area contributed by atoms with Crippen LogP contribution in [0.4, 0.5) is 21.5 Å². The summed E-state index contributed by atoms with van der Waals surface area (Å²) >= 11 is 9.78. The summed E-state index contributed by atoms with van der Waals surface area (Å²) < 4.78 is 14.9. The lowest BCUT2D eigenvalue weighted by atomic mass is 10.2. The van der Waals surface area contributed by atoms with Gasteiger partial charge in [-0.2, -0.15) is 0 Å². The van der Waals surface area contributed by atoms with E-state index in [1.165, 1.54) is 6.07 Å². The summed E-state index contributed by atoms with van der Waals surface area (Å²) in [5.74, 6) is -0.236. The van der Waals surface area contributed by atoms with Crippen molar-refractivity contribution in [3.63, 3.8) is 0 Å². The zero-order valence-electron chi connectivity index (χ0n) is 13.3. The van der Waals surface area contributed by atoms with Gasteiger partial charge in [-0.15, -0.1) is 0 Å². The van der Waals surface area contributed by atoms with Gasteiger partial charge in [0.05, 0.1) is 18.0 Å². The van der Waals surface area contributed by atoms with Crippen molar-refractivity contribution in [1.82, 2.24) is 0 Å². The van der Waals surface area contributed by atoms with E-state index in [2.05, 4.69) is 25.7 Å². The third-order valence-electron chi connectivity index (χ3n) is 4.34. The van der Waals surface area contributed by atoms with Crippen molar-refractivity contribution >= 4 is 44.6 Å². The van der Waals surface area contributed by atoms with Crippen LogP contribution in [0, 0.1) is 5.82 Å². The molecular formula is C20H15BrClFN2. The molecule has 25 heavy (non-hydrogen) atoms. The molecule has 0 atom stereocenters. The van der Waals surface area contributed by atoms with E-state index in [1.54, 1.807) is 6.07 Å². The minimum absolute atomic E-state index is 0.236. The lowest BCUT2D eigenvalue weighted by Gasteiger charge is -2.22. The first kappa shape index (κ1) is 16.4. The van der Waals surface area contributed by atoms with Gasteiger partial charge in [-0.05, 0) is 54.1 Å². The van der Waals surface area contributed by atoms with Crippen LogP contribution in [-0.4, -0.2) is 6.67 Å². The Hall–Kier alpha value is -2.04. The van der Waals surface area contributed by atoms with Crippen molar-refractivity contribution in [2.24, 2.45) is 0 Å². The number of rotatable bonds is 3. The minimum Gasteiger partial charge on any atom is -0.347 e. The van der Waals surface area contributed by atoms with E-state index in [1.807, 2.05) is 54.6 Å². The first-order valence-electron chi connectivity index (χ1n) is 7.93. The van der Waals surface area contributed by atoms with Crippen LogP contribution in [-0.2, 0) is 6.54 Å². The van der Waals surface area contributed by atoms with Gasteiger partial charge < -0.3 is 9.80 Å². The fourth-order valence-corrected chi connectivity index (χ4v) is 3.57. The Balaban J connectivity index is 1.71. The summed E-state index contributed by atoms with van der Waals surface area (Å²) in [6.07, 6.45) is 0. The second-order valence-corrected chi connectivity index (χ2v) is 7.29. The fourth-order valence-electron chi connectivity index (χ4n) is 3.11. The molecule has 0 radical (unpaired) electrons. The molecule has 4 rings (SSSR count). The van der Waals surface area contributed by atoms with Crippen LogP contribution < -0.4 is 9.80 Å². The highest BCUT2D eigenvalue weighted by Crippen LogP contribution is 2.42. The Morgan fingerprint density at radius 3 is 2.48 bits per heavy atom. The van der Waals surface area contributed by atoms with Gasteiger partial charge in [0.2, 0.25) is 0 Å². The van der Waals surface area contributed by atoms with Crippen molar-refractivity contribution in [1.29, 1.82) is 0 Å². The first-order valence-corrected chi connectivity index (χ1v) is 9.10. The molecule has 1 heterocycles. The van der Waals surface area contributed by atoms with Crippen molar-refractivity contribution in [3.8, 4) is 0 Å². The maximum Gasteiger partial charge on any atom is 0.125 e. The number of halogens is 3. The predicted octanol–water partition coefficient (Wildman–Crippen LogP) is 6.36. The Labute approximate surface area is 159 Å². The second kappa shape index (κ2) is 6.70. The van der Waals surface area contributed by atoms with Crippen LogP contribution in [0.5, 0.6) is 0 Å². The molecule has 5 heteroatoms. The number of nitrogens with zero attached hydrogens (tertiary/aromatic N) is 2. The molecule has 0 aliphatic carbocycles. The quantitative estimate of drug-likeness (QED) is 0.489. The number of fused-ring (bicyclic) bond motifs is 1. The Morgan fingerprint density at radius 1 is 0.960 bits per heavy atom. The van der Waals surface area contributed by atoms with Crippen molar-refractivity contribution < 1.29 is 4.39 Å². The number of anilines is 3. The predicted molar refractivity (Wildman–Crippen MR) is 105 cm³/mol. The molecule has 0 spiro atoms. The molecule has 126 valence electrons. The largest absolute Gasteiger partial charge is 0.347 e. The molecule has 0 aromatic heterocycles. The Morgan fingerprint density at radius 2 is 1.72 bits per heavy atom. The van der Waals surface area contributed by atoms with Gasteiger partial charge >= 0.3 is 0 Å². The van der Waals surface area contributed by atoms with Gasteiger partial charge in [0.1, 0.15) is 5.82 Å². The van der Waals surface area contributed by atoms with Crippen LogP contribution in [0.15, 0.2) is 71.2 Å². The van der Waals surface area contributed by atoms with E-state index in [0.29, 0.717) is 13.2 Å². The average Bonchev–Trinajstić information content (AvgIpc) is 2.95. The molecule has 0 bridgehead atoms. The maximum atomic E-state index is 13.9. The summed E-state index contributed by atoms with van der Waals surface area (Å²) in [5.41, 5.74) is 3.95. The Bertz CT molecular complexity index is 914. The molecule has 3 aromatic rings. The van der Waals surface area contributed by atoms with Crippen LogP contribution in [0.3, 0.4) is 0 Å². The lowest BCUT2D eigenvalue weighted by Crippen LogP contribution is -2.27. The average molecular weight is 418 g/mol. The van der Waals surface area contributed by atoms with Crippen LogP contribution in [0.1, 0.15) is 5.56 Å². The molecule has 1 aliphatic rings. The summed E-state index contributed by atoms with van der Waals surface area (Å²) in [6, 6.07) is 20.8. The van der Waals surface area contributed by atoms with E-state index < -0.39 is 0 Å². The third-order valence-corrected chi connectivity index (χ3v) is 5.24. The summed E-state index contributed by atoms with van der Waals surface area (Å²) in [6.45, 7) is 1.32. The normalized spacial score (nSPS) is 13.2. The van der Waals surface area contributed by atoms with E-state index in [9.17, 15) is 4.39 Å². The maximum absolute atomic E-state index is 13.9. The molecular weight excluding hydrogens is 403 g/mol. The molecule has 2 nitrogen and oxygen atoms in total. The SMILES string of the molecule is Fc1ccc2c(c1)N(c1ccc(Br)cc1)CN2Cc1ccccc1Cl. The van der Waals surface area contributed by atoms with E-state index in [-0.39, 0.29) is 5.82 Å². The molecule has 0 N–H and O–H groups in total.